The fraction of sp³-hybridized carbons (Fsp3) is 0.818. The van der Waals surface area contributed by atoms with E-state index >= 15 is 0 Å². The summed E-state index contributed by atoms with van der Waals surface area (Å²) < 4.78 is 10.00. The molecule has 0 fully saturated rings. The normalized spacial score (nSPS) is 13.1. The molecule has 0 bridgehead atoms. The Labute approximate surface area is 90.9 Å². The van der Waals surface area contributed by atoms with Gasteiger partial charge in [-0.3, -0.25) is 9.59 Å². The van der Waals surface area contributed by atoms with E-state index in [1.165, 1.54) is 6.92 Å². The second kappa shape index (κ2) is 5.73. The molecule has 0 aromatic carbocycles. The van der Waals surface area contributed by atoms with Crippen molar-refractivity contribution >= 4 is 11.9 Å². The van der Waals surface area contributed by atoms with Gasteiger partial charge in [-0.2, -0.15) is 0 Å². The molecule has 4 nitrogen and oxygen atoms in total. The van der Waals surface area contributed by atoms with Crippen molar-refractivity contribution in [1.82, 2.24) is 0 Å². The molecule has 88 valence electrons. The summed E-state index contributed by atoms with van der Waals surface area (Å²) in [7, 11) is 0. The van der Waals surface area contributed by atoms with Crippen LogP contribution in [0.2, 0.25) is 0 Å². The van der Waals surface area contributed by atoms with Gasteiger partial charge >= 0.3 is 11.9 Å². The average Bonchev–Trinajstić information content (AvgIpc) is 1.96. The fourth-order valence-electron chi connectivity index (χ4n) is 1.06. The first-order valence-corrected chi connectivity index (χ1v) is 5.10. The molecule has 0 heterocycles. The standard InChI is InChI=1S/C11H20O4/c1-8(14-9(2)12)6-7-10(13)15-11(3,4)5/h8H,6-7H2,1-5H3/t8-/m1/s1. The van der Waals surface area contributed by atoms with Crippen LogP contribution in [0.5, 0.6) is 0 Å². The van der Waals surface area contributed by atoms with Crippen molar-refractivity contribution in [1.29, 1.82) is 0 Å². The second-order valence-electron chi connectivity index (χ2n) is 4.55. The first kappa shape index (κ1) is 13.9. The van der Waals surface area contributed by atoms with Crippen LogP contribution in [-0.4, -0.2) is 23.6 Å². The molecule has 0 saturated heterocycles. The molecule has 0 radical (unpaired) electrons. The molecule has 15 heavy (non-hydrogen) atoms. The lowest BCUT2D eigenvalue weighted by Crippen LogP contribution is -2.24. The zero-order valence-electron chi connectivity index (χ0n) is 10.1. The molecule has 0 aromatic rings. The van der Waals surface area contributed by atoms with Crippen LogP contribution < -0.4 is 0 Å². The summed E-state index contributed by atoms with van der Waals surface area (Å²) in [5, 5.41) is 0. The minimum absolute atomic E-state index is 0.241. The summed E-state index contributed by atoms with van der Waals surface area (Å²) >= 11 is 0. The van der Waals surface area contributed by atoms with E-state index in [0.717, 1.165) is 0 Å². The zero-order valence-corrected chi connectivity index (χ0v) is 10.1. The number of ether oxygens (including phenoxy) is 2. The third kappa shape index (κ3) is 9.25. The lowest BCUT2D eigenvalue weighted by molar-refractivity contribution is -0.157. The predicted octanol–water partition coefficient (Wildman–Crippen LogP) is 2.06. The van der Waals surface area contributed by atoms with Crippen LogP contribution in [0, 0.1) is 0 Å². The quantitative estimate of drug-likeness (QED) is 0.675. The van der Waals surface area contributed by atoms with E-state index in [1.54, 1.807) is 6.92 Å². The summed E-state index contributed by atoms with van der Waals surface area (Å²) in [6.07, 6.45) is 0.523. The first-order valence-electron chi connectivity index (χ1n) is 5.10. The van der Waals surface area contributed by atoms with Crippen molar-refractivity contribution in [2.24, 2.45) is 0 Å². The molecule has 0 aromatic heterocycles. The highest BCUT2D eigenvalue weighted by Gasteiger charge is 2.17. The van der Waals surface area contributed by atoms with Crippen LogP contribution in [0.3, 0.4) is 0 Å². The maximum atomic E-state index is 11.3. The summed E-state index contributed by atoms with van der Waals surface area (Å²) in [5.41, 5.74) is -0.457. The molecule has 0 aliphatic rings. The molecule has 1 atom stereocenters. The average molecular weight is 216 g/mol. The van der Waals surface area contributed by atoms with Gasteiger partial charge in [-0.05, 0) is 34.1 Å². The minimum atomic E-state index is -0.457. The van der Waals surface area contributed by atoms with Crippen molar-refractivity contribution in [2.75, 3.05) is 0 Å². The SMILES string of the molecule is CC(=O)O[C@H](C)CCC(=O)OC(C)(C)C. The van der Waals surface area contributed by atoms with Gasteiger partial charge in [-0.25, -0.2) is 0 Å². The molecule has 0 aliphatic heterocycles. The van der Waals surface area contributed by atoms with Gasteiger partial charge in [0.2, 0.25) is 0 Å². The van der Waals surface area contributed by atoms with E-state index in [4.69, 9.17) is 9.47 Å². The molecule has 0 aliphatic carbocycles. The first-order chi connectivity index (χ1) is 6.70. The van der Waals surface area contributed by atoms with Crippen LogP contribution in [0.25, 0.3) is 0 Å². The molecule has 0 amide bonds. The highest BCUT2D eigenvalue weighted by Crippen LogP contribution is 2.10. The largest absolute Gasteiger partial charge is 0.463 e. The smallest absolute Gasteiger partial charge is 0.306 e. The van der Waals surface area contributed by atoms with E-state index < -0.39 is 5.60 Å². The molecule has 0 saturated carbocycles. The molecular weight excluding hydrogens is 196 g/mol. The Morgan fingerprint density at radius 3 is 2.20 bits per heavy atom. The maximum absolute atomic E-state index is 11.3. The molecule has 0 rings (SSSR count). The number of hydrogen-bond acceptors (Lipinski definition) is 4. The second-order valence-corrected chi connectivity index (χ2v) is 4.55. The van der Waals surface area contributed by atoms with Gasteiger partial charge in [0.25, 0.3) is 0 Å². The van der Waals surface area contributed by atoms with Crippen molar-refractivity contribution < 1.29 is 19.1 Å². The Kier molecular flexibility index (Phi) is 5.33. The molecule has 0 unspecified atom stereocenters. The Hall–Kier alpha value is -1.06. The molecular formula is C11H20O4. The Bertz CT molecular complexity index is 227. The van der Waals surface area contributed by atoms with Gasteiger partial charge in [0.1, 0.15) is 5.60 Å². The van der Waals surface area contributed by atoms with Crippen molar-refractivity contribution in [3.05, 3.63) is 0 Å². The maximum Gasteiger partial charge on any atom is 0.306 e. The molecule has 0 N–H and O–H groups in total. The van der Waals surface area contributed by atoms with E-state index in [1.807, 2.05) is 20.8 Å². The van der Waals surface area contributed by atoms with E-state index in [9.17, 15) is 9.59 Å². The van der Waals surface area contributed by atoms with Gasteiger partial charge in [0.15, 0.2) is 0 Å². The van der Waals surface area contributed by atoms with Crippen LogP contribution in [0.1, 0.15) is 47.5 Å². The number of esters is 2. The lowest BCUT2D eigenvalue weighted by Gasteiger charge is -2.20. The number of rotatable bonds is 4. The molecule has 0 spiro atoms. The highest BCUT2D eigenvalue weighted by atomic mass is 16.6. The highest BCUT2D eigenvalue weighted by molar-refractivity contribution is 5.70. The zero-order chi connectivity index (χ0) is 12.1. The van der Waals surface area contributed by atoms with Crippen LogP contribution >= 0.6 is 0 Å². The van der Waals surface area contributed by atoms with Gasteiger partial charge in [0, 0.05) is 13.3 Å². The van der Waals surface area contributed by atoms with E-state index in [2.05, 4.69) is 0 Å². The van der Waals surface area contributed by atoms with Gasteiger partial charge in [-0.1, -0.05) is 0 Å². The Morgan fingerprint density at radius 1 is 1.27 bits per heavy atom. The summed E-state index contributed by atoms with van der Waals surface area (Å²) in [6, 6.07) is 0. The monoisotopic (exact) mass is 216 g/mol. The predicted molar refractivity (Wildman–Crippen MR) is 56.3 cm³/mol. The summed E-state index contributed by atoms with van der Waals surface area (Å²) in [4.78, 5) is 21.9. The summed E-state index contributed by atoms with van der Waals surface area (Å²) in [6.45, 7) is 8.57. The number of carbonyl (C=O) groups is 2. The number of carbonyl (C=O) groups excluding carboxylic acids is 2. The van der Waals surface area contributed by atoms with Gasteiger partial charge < -0.3 is 9.47 Å². The van der Waals surface area contributed by atoms with E-state index in [-0.39, 0.29) is 24.5 Å². The lowest BCUT2D eigenvalue weighted by atomic mass is 10.2. The topological polar surface area (TPSA) is 52.6 Å². The number of hydrogen-bond donors (Lipinski definition) is 0. The van der Waals surface area contributed by atoms with Gasteiger partial charge in [0.05, 0.1) is 6.10 Å². The third-order valence-corrected chi connectivity index (χ3v) is 1.54. The van der Waals surface area contributed by atoms with E-state index in [0.29, 0.717) is 6.42 Å². The van der Waals surface area contributed by atoms with Crippen LogP contribution in [0.4, 0.5) is 0 Å². The minimum Gasteiger partial charge on any atom is -0.463 e. The van der Waals surface area contributed by atoms with Crippen molar-refractivity contribution in [2.45, 2.75) is 59.2 Å². The third-order valence-electron chi connectivity index (χ3n) is 1.54. The molecule has 4 heteroatoms. The fourth-order valence-corrected chi connectivity index (χ4v) is 1.06. The summed E-state index contributed by atoms with van der Waals surface area (Å²) in [5.74, 6) is -0.590. The van der Waals surface area contributed by atoms with Crippen LogP contribution in [0.15, 0.2) is 0 Å². The van der Waals surface area contributed by atoms with Crippen molar-refractivity contribution in [3.8, 4) is 0 Å². The van der Waals surface area contributed by atoms with Gasteiger partial charge in [-0.15, -0.1) is 0 Å². The Morgan fingerprint density at radius 2 is 1.80 bits per heavy atom. The Balaban J connectivity index is 3.76. The van der Waals surface area contributed by atoms with Crippen molar-refractivity contribution in [3.63, 3.8) is 0 Å². The van der Waals surface area contributed by atoms with Crippen LogP contribution in [-0.2, 0) is 19.1 Å².